The molecule has 1 aliphatic heterocycles. The summed E-state index contributed by atoms with van der Waals surface area (Å²) in [5.74, 6) is -0.0394. The minimum Gasteiger partial charge on any atom is -0.378 e. The molecule has 2 aromatic rings. The van der Waals surface area contributed by atoms with Crippen molar-refractivity contribution in [2.24, 2.45) is 0 Å². The zero-order valence-corrected chi connectivity index (χ0v) is 12.5. The van der Waals surface area contributed by atoms with Crippen LogP contribution in [0.3, 0.4) is 0 Å². The van der Waals surface area contributed by atoms with E-state index in [1.165, 1.54) is 0 Å². The Bertz CT molecular complexity index is 621. The highest BCUT2D eigenvalue weighted by molar-refractivity contribution is 5.82. The zero-order chi connectivity index (χ0) is 15.4. The molecule has 1 fully saturated rings. The summed E-state index contributed by atoms with van der Waals surface area (Å²) in [4.78, 5) is 12.3. The van der Waals surface area contributed by atoms with Crippen molar-refractivity contribution in [3.05, 3.63) is 48.3 Å². The fraction of sp³-hybridized carbons (Fsp3) is 0.375. The maximum absolute atomic E-state index is 12.3. The van der Waals surface area contributed by atoms with Gasteiger partial charge in [-0.25, -0.2) is 4.68 Å². The first-order chi connectivity index (χ1) is 10.8. The van der Waals surface area contributed by atoms with Gasteiger partial charge >= 0.3 is 0 Å². The van der Waals surface area contributed by atoms with Crippen LogP contribution in [0, 0.1) is 0 Å². The first kappa shape index (κ1) is 14.7. The summed E-state index contributed by atoms with van der Waals surface area (Å²) in [6.07, 6.45) is 3.63. The van der Waals surface area contributed by atoms with Gasteiger partial charge in [-0.15, -0.1) is 0 Å². The largest absolute Gasteiger partial charge is 0.378 e. The third-order valence-corrected chi connectivity index (χ3v) is 3.75. The number of nitrogens with zero attached hydrogens (tertiary/aromatic N) is 2. The second kappa shape index (κ2) is 6.72. The van der Waals surface area contributed by atoms with E-state index >= 15 is 0 Å². The van der Waals surface area contributed by atoms with E-state index in [0.29, 0.717) is 19.8 Å². The molecule has 1 aliphatic rings. The molecule has 1 aromatic heterocycles. The lowest BCUT2D eigenvalue weighted by molar-refractivity contribution is -0.126. The lowest BCUT2D eigenvalue weighted by Gasteiger charge is -2.25. The number of para-hydroxylation sites is 1. The van der Waals surface area contributed by atoms with Crippen molar-refractivity contribution in [1.29, 1.82) is 0 Å². The Morgan fingerprint density at radius 3 is 3.05 bits per heavy atom. The SMILES string of the molecule is CC(NC(=O)C1COCCN1)c1ccccc1-n1cccn1. The van der Waals surface area contributed by atoms with Crippen LogP contribution in [0.4, 0.5) is 0 Å². The van der Waals surface area contributed by atoms with Crippen LogP contribution in [0.5, 0.6) is 0 Å². The molecule has 6 heteroatoms. The molecular formula is C16H20N4O2. The Balaban J connectivity index is 1.75. The second-order valence-corrected chi connectivity index (χ2v) is 5.32. The fourth-order valence-electron chi connectivity index (χ4n) is 2.60. The maximum Gasteiger partial charge on any atom is 0.240 e. The third kappa shape index (κ3) is 3.18. The van der Waals surface area contributed by atoms with Gasteiger partial charge < -0.3 is 15.4 Å². The van der Waals surface area contributed by atoms with Crippen LogP contribution in [-0.2, 0) is 9.53 Å². The van der Waals surface area contributed by atoms with E-state index in [9.17, 15) is 4.79 Å². The summed E-state index contributed by atoms with van der Waals surface area (Å²) in [7, 11) is 0. The van der Waals surface area contributed by atoms with Crippen LogP contribution in [0.1, 0.15) is 18.5 Å². The van der Waals surface area contributed by atoms with Crippen molar-refractivity contribution < 1.29 is 9.53 Å². The number of benzene rings is 1. The smallest absolute Gasteiger partial charge is 0.240 e. The van der Waals surface area contributed by atoms with Crippen molar-refractivity contribution in [3.63, 3.8) is 0 Å². The Kier molecular flexibility index (Phi) is 4.50. The van der Waals surface area contributed by atoms with Gasteiger partial charge in [-0.05, 0) is 24.6 Å². The highest BCUT2D eigenvalue weighted by Crippen LogP contribution is 2.21. The number of ether oxygens (including phenoxy) is 1. The number of nitrogens with one attached hydrogen (secondary N) is 2. The van der Waals surface area contributed by atoms with E-state index < -0.39 is 0 Å². The quantitative estimate of drug-likeness (QED) is 0.885. The molecule has 0 bridgehead atoms. The first-order valence-electron chi connectivity index (χ1n) is 7.46. The first-order valence-corrected chi connectivity index (χ1v) is 7.46. The lowest BCUT2D eigenvalue weighted by atomic mass is 10.1. The van der Waals surface area contributed by atoms with Gasteiger partial charge in [-0.2, -0.15) is 5.10 Å². The number of amides is 1. The fourth-order valence-corrected chi connectivity index (χ4v) is 2.60. The molecule has 2 heterocycles. The van der Waals surface area contributed by atoms with Crippen LogP contribution in [-0.4, -0.2) is 41.5 Å². The molecule has 0 saturated carbocycles. The Morgan fingerprint density at radius 1 is 1.45 bits per heavy atom. The number of hydrogen-bond acceptors (Lipinski definition) is 4. The number of morpholine rings is 1. The molecular weight excluding hydrogens is 280 g/mol. The third-order valence-electron chi connectivity index (χ3n) is 3.75. The Labute approximate surface area is 129 Å². The van der Waals surface area contributed by atoms with Crippen LogP contribution in [0.15, 0.2) is 42.7 Å². The van der Waals surface area contributed by atoms with Gasteiger partial charge in [0.2, 0.25) is 5.91 Å². The summed E-state index contributed by atoms with van der Waals surface area (Å²) in [6.45, 7) is 3.75. The van der Waals surface area contributed by atoms with Crippen molar-refractivity contribution in [1.82, 2.24) is 20.4 Å². The molecule has 6 nitrogen and oxygen atoms in total. The molecule has 116 valence electrons. The maximum atomic E-state index is 12.3. The summed E-state index contributed by atoms with van der Waals surface area (Å²) in [5.41, 5.74) is 1.99. The topological polar surface area (TPSA) is 68.2 Å². The second-order valence-electron chi connectivity index (χ2n) is 5.32. The molecule has 0 spiro atoms. The molecule has 1 aromatic carbocycles. The lowest BCUT2D eigenvalue weighted by Crippen LogP contribution is -2.51. The average Bonchev–Trinajstić information content (AvgIpc) is 3.10. The van der Waals surface area contributed by atoms with Gasteiger partial charge in [0.25, 0.3) is 0 Å². The summed E-state index contributed by atoms with van der Waals surface area (Å²) < 4.78 is 7.14. The molecule has 0 aliphatic carbocycles. The van der Waals surface area contributed by atoms with Crippen LogP contribution >= 0.6 is 0 Å². The van der Waals surface area contributed by atoms with Gasteiger partial charge in [-0.1, -0.05) is 18.2 Å². The molecule has 1 saturated heterocycles. The zero-order valence-electron chi connectivity index (χ0n) is 12.5. The van der Waals surface area contributed by atoms with Gasteiger partial charge in [0, 0.05) is 18.9 Å². The number of hydrogen-bond donors (Lipinski definition) is 2. The highest BCUT2D eigenvalue weighted by atomic mass is 16.5. The number of rotatable bonds is 4. The molecule has 2 N–H and O–H groups in total. The van der Waals surface area contributed by atoms with E-state index in [-0.39, 0.29) is 18.0 Å². The van der Waals surface area contributed by atoms with Gasteiger partial charge in [0.15, 0.2) is 0 Å². The minimum atomic E-state index is -0.284. The van der Waals surface area contributed by atoms with E-state index in [1.807, 2.05) is 43.5 Å². The van der Waals surface area contributed by atoms with Gasteiger partial charge in [0.05, 0.1) is 24.9 Å². The van der Waals surface area contributed by atoms with E-state index in [1.54, 1.807) is 10.9 Å². The van der Waals surface area contributed by atoms with Crippen molar-refractivity contribution in [2.75, 3.05) is 19.8 Å². The van der Waals surface area contributed by atoms with Gasteiger partial charge in [-0.3, -0.25) is 4.79 Å². The van der Waals surface area contributed by atoms with Crippen molar-refractivity contribution >= 4 is 5.91 Å². The standard InChI is InChI=1S/C16H20N4O2/c1-12(19-16(21)14-11-22-10-8-17-14)13-5-2-3-6-15(13)20-9-4-7-18-20/h2-7,9,12,14,17H,8,10-11H2,1H3,(H,19,21). The predicted octanol–water partition coefficient (Wildman–Crippen LogP) is 1.04. The van der Waals surface area contributed by atoms with Gasteiger partial charge in [0.1, 0.15) is 6.04 Å². The summed E-state index contributed by atoms with van der Waals surface area (Å²) >= 11 is 0. The molecule has 22 heavy (non-hydrogen) atoms. The average molecular weight is 300 g/mol. The van der Waals surface area contributed by atoms with E-state index in [4.69, 9.17) is 4.74 Å². The monoisotopic (exact) mass is 300 g/mol. The molecule has 3 rings (SSSR count). The predicted molar refractivity (Wildman–Crippen MR) is 82.7 cm³/mol. The van der Waals surface area contributed by atoms with E-state index in [2.05, 4.69) is 15.7 Å². The van der Waals surface area contributed by atoms with Crippen LogP contribution in [0.25, 0.3) is 5.69 Å². The Morgan fingerprint density at radius 2 is 2.32 bits per heavy atom. The van der Waals surface area contributed by atoms with Crippen molar-refractivity contribution in [2.45, 2.75) is 19.0 Å². The number of carbonyl (C=O) groups is 1. The molecule has 1 amide bonds. The van der Waals surface area contributed by atoms with Crippen LogP contribution < -0.4 is 10.6 Å². The highest BCUT2D eigenvalue weighted by Gasteiger charge is 2.23. The Hall–Kier alpha value is -2.18. The molecule has 2 atom stereocenters. The molecule has 2 unspecified atom stereocenters. The summed E-state index contributed by atoms with van der Waals surface area (Å²) in [6, 6.07) is 9.41. The number of aromatic nitrogens is 2. The van der Waals surface area contributed by atoms with Crippen molar-refractivity contribution in [3.8, 4) is 5.69 Å². The minimum absolute atomic E-state index is 0.0394. The summed E-state index contributed by atoms with van der Waals surface area (Å²) in [5, 5.41) is 10.5. The number of carbonyl (C=O) groups excluding carboxylic acids is 1. The normalized spacial score (nSPS) is 19.6. The molecule has 0 radical (unpaired) electrons. The van der Waals surface area contributed by atoms with E-state index in [0.717, 1.165) is 11.3 Å². The van der Waals surface area contributed by atoms with Crippen LogP contribution in [0.2, 0.25) is 0 Å².